The van der Waals surface area contributed by atoms with Crippen LogP contribution in [0.2, 0.25) is 0 Å². The van der Waals surface area contributed by atoms with Gasteiger partial charge in [0, 0.05) is 31.0 Å². The van der Waals surface area contributed by atoms with Crippen molar-refractivity contribution in [1.29, 1.82) is 0 Å². The van der Waals surface area contributed by atoms with E-state index in [9.17, 15) is 4.79 Å². The summed E-state index contributed by atoms with van der Waals surface area (Å²) in [5.41, 5.74) is 7.33. The van der Waals surface area contributed by atoms with E-state index in [4.69, 9.17) is 5.73 Å². The van der Waals surface area contributed by atoms with Crippen LogP contribution in [0.15, 0.2) is 30.3 Å². The first kappa shape index (κ1) is 12.7. The van der Waals surface area contributed by atoms with Gasteiger partial charge in [0.15, 0.2) is 0 Å². The summed E-state index contributed by atoms with van der Waals surface area (Å²) in [4.78, 5) is 14.3. The minimum atomic E-state index is -0.193. The molecule has 2 N–H and O–H groups in total. The number of amides is 1. The smallest absolute Gasteiger partial charge is 0.224 e. The van der Waals surface area contributed by atoms with Gasteiger partial charge in [-0.25, -0.2) is 0 Å². The molecule has 0 spiro atoms. The largest absolute Gasteiger partial charge is 0.342 e. The standard InChI is InChI=1S/C16H22N2O/c17-16(8-4-9-16)11-15(19)18-10-7-14(12-18)13-5-2-1-3-6-13/h1-3,5-6,14H,4,7-12,17H2. The average Bonchev–Trinajstić information content (AvgIpc) is 2.87. The van der Waals surface area contributed by atoms with E-state index in [0.29, 0.717) is 12.3 Å². The molecule has 1 aromatic rings. The quantitative estimate of drug-likeness (QED) is 0.904. The van der Waals surface area contributed by atoms with Gasteiger partial charge in [-0.2, -0.15) is 0 Å². The fourth-order valence-corrected chi connectivity index (χ4v) is 3.20. The number of rotatable bonds is 3. The molecular formula is C16H22N2O. The summed E-state index contributed by atoms with van der Waals surface area (Å²) in [5.74, 6) is 0.751. The summed E-state index contributed by atoms with van der Waals surface area (Å²) in [6, 6.07) is 10.5. The molecule has 19 heavy (non-hydrogen) atoms. The molecule has 1 saturated carbocycles. The van der Waals surface area contributed by atoms with Crippen molar-refractivity contribution in [2.75, 3.05) is 13.1 Å². The molecule has 0 radical (unpaired) electrons. The molecular weight excluding hydrogens is 236 g/mol. The van der Waals surface area contributed by atoms with Gasteiger partial charge in [0.25, 0.3) is 0 Å². The molecule has 1 aliphatic carbocycles. The molecule has 3 rings (SSSR count). The number of benzene rings is 1. The van der Waals surface area contributed by atoms with Gasteiger partial charge < -0.3 is 10.6 Å². The third-order valence-corrected chi connectivity index (χ3v) is 4.66. The molecule has 3 heteroatoms. The van der Waals surface area contributed by atoms with Crippen LogP contribution in [0.4, 0.5) is 0 Å². The van der Waals surface area contributed by atoms with Crippen LogP contribution in [0, 0.1) is 0 Å². The van der Waals surface area contributed by atoms with Crippen molar-refractivity contribution in [3.8, 4) is 0 Å². The monoisotopic (exact) mass is 258 g/mol. The third-order valence-electron chi connectivity index (χ3n) is 4.66. The number of hydrogen-bond donors (Lipinski definition) is 1. The van der Waals surface area contributed by atoms with E-state index in [2.05, 4.69) is 24.3 Å². The average molecular weight is 258 g/mol. The highest BCUT2D eigenvalue weighted by molar-refractivity contribution is 5.78. The van der Waals surface area contributed by atoms with Crippen LogP contribution in [0.3, 0.4) is 0 Å². The van der Waals surface area contributed by atoms with Gasteiger partial charge in [0.1, 0.15) is 0 Å². The lowest BCUT2D eigenvalue weighted by molar-refractivity contribution is -0.132. The number of likely N-dealkylation sites (tertiary alicyclic amines) is 1. The summed E-state index contributed by atoms with van der Waals surface area (Å²) in [7, 11) is 0. The zero-order valence-corrected chi connectivity index (χ0v) is 11.3. The first-order valence-electron chi connectivity index (χ1n) is 7.28. The van der Waals surface area contributed by atoms with Crippen molar-refractivity contribution in [3.05, 3.63) is 35.9 Å². The van der Waals surface area contributed by atoms with Crippen LogP contribution >= 0.6 is 0 Å². The predicted octanol–water partition coefficient (Wildman–Crippen LogP) is 2.27. The lowest BCUT2D eigenvalue weighted by atomic mass is 9.75. The topological polar surface area (TPSA) is 46.3 Å². The van der Waals surface area contributed by atoms with Crippen molar-refractivity contribution in [2.45, 2.75) is 43.6 Å². The Morgan fingerprint density at radius 1 is 1.32 bits per heavy atom. The molecule has 0 aromatic heterocycles. The van der Waals surface area contributed by atoms with Crippen LogP contribution in [-0.4, -0.2) is 29.4 Å². The maximum Gasteiger partial charge on any atom is 0.224 e. The summed E-state index contributed by atoms with van der Waals surface area (Å²) in [5, 5.41) is 0. The molecule has 1 amide bonds. The van der Waals surface area contributed by atoms with Crippen LogP contribution < -0.4 is 5.73 Å². The minimum Gasteiger partial charge on any atom is -0.342 e. The SMILES string of the molecule is NC1(CC(=O)N2CCC(c3ccccc3)C2)CCC1. The Morgan fingerprint density at radius 2 is 2.05 bits per heavy atom. The molecule has 1 aromatic carbocycles. The van der Waals surface area contributed by atoms with Crippen molar-refractivity contribution < 1.29 is 4.79 Å². The van der Waals surface area contributed by atoms with E-state index in [1.165, 1.54) is 12.0 Å². The maximum absolute atomic E-state index is 12.3. The van der Waals surface area contributed by atoms with Crippen LogP contribution in [-0.2, 0) is 4.79 Å². The molecule has 1 saturated heterocycles. The zero-order valence-electron chi connectivity index (χ0n) is 11.3. The number of carbonyl (C=O) groups is 1. The van der Waals surface area contributed by atoms with E-state index in [1.807, 2.05) is 11.0 Å². The Hall–Kier alpha value is -1.35. The number of carbonyl (C=O) groups excluding carboxylic acids is 1. The van der Waals surface area contributed by atoms with E-state index in [-0.39, 0.29) is 11.4 Å². The normalized spacial score (nSPS) is 25.1. The number of hydrogen-bond acceptors (Lipinski definition) is 2. The van der Waals surface area contributed by atoms with Gasteiger partial charge in [-0.15, -0.1) is 0 Å². The fourth-order valence-electron chi connectivity index (χ4n) is 3.20. The Balaban J connectivity index is 1.58. The van der Waals surface area contributed by atoms with Gasteiger partial charge in [-0.05, 0) is 31.2 Å². The summed E-state index contributed by atoms with van der Waals surface area (Å²) in [6.07, 6.45) is 4.81. The van der Waals surface area contributed by atoms with Crippen molar-refractivity contribution in [2.24, 2.45) is 5.73 Å². The van der Waals surface area contributed by atoms with Gasteiger partial charge in [0.2, 0.25) is 5.91 Å². The lowest BCUT2D eigenvalue weighted by Crippen LogP contribution is -2.50. The second kappa shape index (κ2) is 4.97. The Labute approximate surface area is 114 Å². The van der Waals surface area contributed by atoms with E-state index < -0.39 is 0 Å². The van der Waals surface area contributed by atoms with Crippen molar-refractivity contribution in [3.63, 3.8) is 0 Å². The molecule has 2 fully saturated rings. The maximum atomic E-state index is 12.3. The first-order valence-corrected chi connectivity index (χ1v) is 7.28. The zero-order chi connectivity index (χ0) is 13.3. The molecule has 1 aliphatic heterocycles. The Bertz CT molecular complexity index is 453. The number of nitrogens with two attached hydrogens (primary N) is 1. The molecule has 0 bridgehead atoms. The summed E-state index contributed by atoms with van der Waals surface area (Å²) >= 11 is 0. The van der Waals surface area contributed by atoms with E-state index in [0.717, 1.165) is 32.4 Å². The first-order chi connectivity index (χ1) is 9.16. The minimum absolute atomic E-state index is 0.193. The molecule has 3 nitrogen and oxygen atoms in total. The molecule has 102 valence electrons. The highest BCUT2D eigenvalue weighted by atomic mass is 16.2. The Kier molecular flexibility index (Phi) is 3.31. The summed E-state index contributed by atoms with van der Waals surface area (Å²) in [6.45, 7) is 1.74. The highest BCUT2D eigenvalue weighted by Crippen LogP contribution is 2.34. The van der Waals surface area contributed by atoms with Crippen molar-refractivity contribution in [1.82, 2.24) is 4.90 Å². The second-order valence-electron chi connectivity index (χ2n) is 6.13. The molecule has 1 heterocycles. The molecule has 2 aliphatic rings. The van der Waals surface area contributed by atoms with Crippen LogP contribution in [0.25, 0.3) is 0 Å². The molecule has 1 atom stereocenters. The highest BCUT2D eigenvalue weighted by Gasteiger charge is 2.37. The Morgan fingerprint density at radius 3 is 2.68 bits per heavy atom. The van der Waals surface area contributed by atoms with Crippen LogP contribution in [0.5, 0.6) is 0 Å². The summed E-state index contributed by atoms with van der Waals surface area (Å²) < 4.78 is 0. The van der Waals surface area contributed by atoms with Gasteiger partial charge >= 0.3 is 0 Å². The van der Waals surface area contributed by atoms with E-state index in [1.54, 1.807) is 0 Å². The van der Waals surface area contributed by atoms with E-state index >= 15 is 0 Å². The number of nitrogens with zero attached hydrogens (tertiary/aromatic N) is 1. The predicted molar refractivity (Wildman–Crippen MR) is 75.8 cm³/mol. The van der Waals surface area contributed by atoms with Gasteiger partial charge in [-0.3, -0.25) is 4.79 Å². The lowest BCUT2D eigenvalue weighted by Gasteiger charge is -2.38. The van der Waals surface area contributed by atoms with Crippen molar-refractivity contribution >= 4 is 5.91 Å². The fraction of sp³-hybridized carbons (Fsp3) is 0.562. The van der Waals surface area contributed by atoms with Crippen LogP contribution in [0.1, 0.15) is 43.6 Å². The second-order valence-corrected chi connectivity index (χ2v) is 6.13. The van der Waals surface area contributed by atoms with Gasteiger partial charge in [-0.1, -0.05) is 30.3 Å². The third kappa shape index (κ3) is 2.66. The molecule has 1 unspecified atom stereocenters. The van der Waals surface area contributed by atoms with Gasteiger partial charge in [0.05, 0.1) is 0 Å².